The van der Waals surface area contributed by atoms with Gasteiger partial charge in [0.05, 0.1) is 5.69 Å². The van der Waals surface area contributed by atoms with Crippen LogP contribution in [0, 0.1) is 0 Å². The second-order valence-corrected chi connectivity index (χ2v) is 5.13. The van der Waals surface area contributed by atoms with Gasteiger partial charge in [-0.15, -0.1) is 0 Å². The van der Waals surface area contributed by atoms with Gasteiger partial charge in [-0.2, -0.15) is 0 Å². The van der Waals surface area contributed by atoms with Crippen LogP contribution < -0.4 is 14.8 Å². The fourth-order valence-electron chi connectivity index (χ4n) is 2.44. The molecule has 1 saturated carbocycles. The molecule has 1 aromatic carbocycles. The summed E-state index contributed by atoms with van der Waals surface area (Å²) in [5.41, 5.74) is 1.08. The van der Waals surface area contributed by atoms with Crippen LogP contribution in [0.4, 0.5) is 0 Å². The van der Waals surface area contributed by atoms with E-state index < -0.39 is 0 Å². The molecule has 98 valence electrons. The van der Waals surface area contributed by atoms with Crippen LogP contribution in [0.2, 0.25) is 0 Å². The molecule has 1 aliphatic carbocycles. The number of fused-ring (bicyclic) bond motifs is 2. The zero-order valence-electron chi connectivity index (χ0n) is 10.7. The highest BCUT2D eigenvalue weighted by atomic mass is 16.6. The van der Waals surface area contributed by atoms with Crippen molar-refractivity contribution in [3.8, 4) is 11.5 Å². The van der Waals surface area contributed by atoms with Gasteiger partial charge in [0.25, 0.3) is 0 Å². The molecule has 2 aromatic rings. The quantitative estimate of drug-likeness (QED) is 0.914. The van der Waals surface area contributed by atoms with Crippen LogP contribution in [0.25, 0.3) is 10.8 Å². The molecule has 0 radical (unpaired) electrons. The highest BCUT2D eigenvalue weighted by molar-refractivity contribution is 5.87. The molecule has 4 rings (SSSR count). The normalized spacial score (nSPS) is 17.7. The van der Waals surface area contributed by atoms with Crippen molar-refractivity contribution in [3.63, 3.8) is 0 Å². The van der Waals surface area contributed by atoms with Crippen molar-refractivity contribution in [2.45, 2.75) is 25.4 Å². The zero-order chi connectivity index (χ0) is 12.7. The molecule has 2 heterocycles. The zero-order valence-corrected chi connectivity index (χ0v) is 10.7. The molecule has 4 heteroatoms. The van der Waals surface area contributed by atoms with Gasteiger partial charge < -0.3 is 14.8 Å². The highest BCUT2D eigenvalue weighted by Crippen LogP contribution is 2.35. The summed E-state index contributed by atoms with van der Waals surface area (Å²) in [5.74, 6) is 1.67. The molecule has 1 fully saturated rings. The van der Waals surface area contributed by atoms with Crippen molar-refractivity contribution in [1.82, 2.24) is 10.3 Å². The minimum atomic E-state index is 0.619. The Morgan fingerprint density at radius 1 is 1.16 bits per heavy atom. The van der Waals surface area contributed by atoms with E-state index >= 15 is 0 Å². The Bertz CT molecular complexity index is 623. The fraction of sp³-hybridized carbons (Fsp3) is 0.400. The third-order valence-electron chi connectivity index (χ3n) is 3.65. The molecule has 1 aromatic heterocycles. The van der Waals surface area contributed by atoms with Crippen molar-refractivity contribution in [3.05, 3.63) is 30.1 Å². The van der Waals surface area contributed by atoms with Crippen LogP contribution in [0.5, 0.6) is 11.5 Å². The number of nitrogens with one attached hydrogen (secondary N) is 1. The Kier molecular flexibility index (Phi) is 2.55. The smallest absolute Gasteiger partial charge is 0.162 e. The summed E-state index contributed by atoms with van der Waals surface area (Å²) < 4.78 is 11.3. The van der Waals surface area contributed by atoms with Crippen LogP contribution in [-0.2, 0) is 6.54 Å². The first-order valence-electron chi connectivity index (χ1n) is 6.81. The van der Waals surface area contributed by atoms with Gasteiger partial charge in [-0.25, -0.2) is 0 Å². The average molecular weight is 256 g/mol. The van der Waals surface area contributed by atoms with Gasteiger partial charge in [-0.05, 0) is 36.4 Å². The van der Waals surface area contributed by atoms with E-state index in [0.29, 0.717) is 19.3 Å². The Balaban J connectivity index is 1.75. The number of nitrogens with zero attached hydrogens (tertiary/aromatic N) is 1. The van der Waals surface area contributed by atoms with Crippen molar-refractivity contribution in [2.75, 3.05) is 13.2 Å². The lowest BCUT2D eigenvalue weighted by molar-refractivity contribution is 0.172. The maximum Gasteiger partial charge on any atom is 0.162 e. The maximum absolute atomic E-state index is 5.65. The lowest BCUT2D eigenvalue weighted by atomic mass is 10.1. The van der Waals surface area contributed by atoms with Crippen molar-refractivity contribution in [2.24, 2.45) is 0 Å². The molecule has 0 amide bonds. The summed E-state index contributed by atoms with van der Waals surface area (Å²) in [5, 5.41) is 5.82. The maximum atomic E-state index is 5.65. The monoisotopic (exact) mass is 256 g/mol. The van der Waals surface area contributed by atoms with Crippen LogP contribution >= 0.6 is 0 Å². The molecular weight excluding hydrogens is 240 g/mol. The number of ether oxygens (including phenoxy) is 2. The van der Waals surface area contributed by atoms with Gasteiger partial charge in [0, 0.05) is 24.2 Å². The first-order valence-corrected chi connectivity index (χ1v) is 6.81. The van der Waals surface area contributed by atoms with Gasteiger partial charge in [0.15, 0.2) is 11.5 Å². The highest BCUT2D eigenvalue weighted by Gasteiger charge is 2.21. The summed E-state index contributed by atoms with van der Waals surface area (Å²) in [7, 11) is 0. The second kappa shape index (κ2) is 4.38. The first-order chi connectivity index (χ1) is 9.40. The molecule has 0 spiro atoms. The minimum absolute atomic E-state index is 0.619. The Hall–Kier alpha value is -1.81. The molecule has 0 unspecified atom stereocenters. The van der Waals surface area contributed by atoms with Crippen molar-refractivity contribution < 1.29 is 9.47 Å². The van der Waals surface area contributed by atoms with Gasteiger partial charge in [-0.3, -0.25) is 4.98 Å². The Labute approximate surface area is 111 Å². The fourth-order valence-corrected chi connectivity index (χ4v) is 2.44. The van der Waals surface area contributed by atoms with E-state index in [-0.39, 0.29) is 0 Å². The second-order valence-electron chi connectivity index (χ2n) is 5.13. The first kappa shape index (κ1) is 11.1. The molecule has 0 bridgehead atoms. The third-order valence-corrected chi connectivity index (χ3v) is 3.65. The van der Waals surface area contributed by atoms with E-state index in [4.69, 9.17) is 9.47 Å². The van der Waals surface area contributed by atoms with Gasteiger partial charge in [0.1, 0.15) is 13.2 Å². The molecule has 2 aliphatic rings. The lowest BCUT2D eigenvalue weighted by Crippen LogP contribution is -2.17. The summed E-state index contributed by atoms with van der Waals surface area (Å²) in [6.45, 7) is 2.07. The minimum Gasteiger partial charge on any atom is -0.486 e. The van der Waals surface area contributed by atoms with Crippen LogP contribution in [-0.4, -0.2) is 24.2 Å². The summed E-state index contributed by atoms with van der Waals surface area (Å²) in [6.07, 6.45) is 4.44. The largest absolute Gasteiger partial charge is 0.486 e. The predicted molar refractivity (Wildman–Crippen MR) is 72.6 cm³/mol. The van der Waals surface area contributed by atoms with Crippen LogP contribution in [0.1, 0.15) is 18.5 Å². The van der Waals surface area contributed by atoms with Gasteiger partial charge >= 0.3 is 0 Å². The Morgan fingerprint density at radius 3 is 2.74 bits per heavy atom. The lowest BCUT2D eigenvalue weighted by Gasteiger charge is -2.19. The molecular formula is C15H16N2O2. The number of hydrogen-bond donors (Lipinski definition) is 1. The van der Waals surface area contributed by atoms with Crippen LogP contribution in [0.3, 0.4) is 0 Å². The van der Waals surface area contributed by atoms with Crippen molar-refractivity contribution in [1.29, 1.82) is 0 Å². The van der Waals surface area contributed by atoms with E-state index in [9.17, 15) is 0 Å². The topological polar surface area (TPSA) is 43.4 Å². The van der Waals surface area contributed by atoms with Gasteiger partial charge in [0.2, 0.25) is 0 Å². The SMILES string of the molecule is c1cc2cc3c(cc2c(CNC2CC2)n1)OCCO3. The third kappa shape index (κ3) is 2.12. The van der Waals surface area contributed by atoms with Crippen molar-refractivity contribution >= 4 is 10.8 Å². The van der Waals surface area contributed by atoms with E-state index in [0.717, 1.165) is 34.5 Å². The molecule has 4 nitrogen and oxygen atoms in total. The van der Waals surface area contributed by atoms with E-state index in [1.807, 2.05) is 18.3 Å². The Morgan fingerprint density at radius 2 is 1.95 bits per heavy atom. The molecule has 0 saturated heterocycles. The van der Waals surface area contributed by atoms with E-state index in [1.54, 1.807) is 0 Å². The number of aromatic nitrogens is 1. The van der Waals surface area contributed by atoms with Gasteiger partial charge in [-0.1, -0.05) is 0 Å². The van der Waals surface area contributed by atoms with E-state index in [1.165, 1.54) is 12.8 Å². The number of benzene rings is 1. The molecule has 1 N–H and O–H groups in total. The number of hydrogen-bond acceptors (Lipinski definition) is 4. The molecule has 19 heavy (non-hydrogen) atoms. The van der Waals surface area contributed by atoms with E-state index in [2.05, 4.69) is 16.4 Å². The standard InChI is InChI=1S/C15H16N2O2/c1-2-11(1)17-9-13-12-8-15-14(18-5-6-19-15)7-10(12)3-4-16-13/h3-4,7-8,11,17H,1-2,5-6,9H2. The average Bonchev–Trinajstić information content (AvgIpc) is 3.27. The van der Waals surface area contributed by atoms with Crippen LogP contribution in [0.15, 0.2) is 24.4 Å². The predicted octanol–water partition coefficient (Wildman–Crippen LogP) is 2.26. The molecule has 1 aliphatic heterocycles. The summed E-state index contributed by atoms with van der Waals surface area (Å²) in [6, 6.07) is 6.82. The summed E-state index contributed by atoms with van der Waals surface area (Å²) in [4.78, 5) is 4.50. The molecule has 0 atom stereocenters. The number of pyridine rings is 1. The number of rotatable bonds is 3. The summed E-state index contributed by atoms with van der Waals surface area (Å²) >= 11 is 0.